The standard InChI is InChI=1S/C40H49N3O7/c1-40(2,3)50-38(46)42-34(23-29-13-7-4-8-14-29)36(44)25-41-26-37(45)35(43(39(47)48)27-31-15-9-5-10-16-31)24-30-19-21-33(22-20-30)49-28-32-17-11-6-12-18-32/h4-22,34-37,41,44-45H,23-28H2,1-3H3,(H,42,46)(H,47,48)/p-1/t34-,35-,36+,37+/m0/s1. The van der Waals surface area contributed by atoms with Gasteiger partial charge in [0.25, 0.3) is 0 Å². The number of hydrogen-bond donors (Lipinski definition) is 4. The van der Waals surface area contributed by atoms with Gasteiger partial charge < -0.3 is 45.1 Å². The number of aliphatic hydroxyl groups is 2. The van der Waals surface area contributed by atoms with Crippen LogP contribution in [0.3, 0.4) is 0 Å². The summed E-state index contributed by atoms with van der Waals surface area (Å²) >= 11 is 0. The van der Waals surface area contributed by atoms with Crippen LogP contribution in [0, 0.1) is 0 Å². The zero-order valence-corrected chi connectivity index (χ0v) is 28.9. The van der Waals surface area contributed by atoms with Gasteiger partial charge in [-0.3, -0.25) is 0 Å². The summed E-state index contributed by atoms with van der Waals surface area (Å²) in [6.45, 7) is 5.68. The highest BCUT2D eigenvalue weighted by atomic mass is 16.6. The second-order valence-electron chi connectivity index (χ2n) is 13.3. The zero-order valence-electron chi connectivity index (χ0n) is 28.9. The zero-order chi connectivity index (χ0) is 35.9. The lowest BCUT2D eigenvalue weighted by Crippen LogP contribution is -2.55. The average Bonchev–Trinajstić information content (AvgIpc) is 3.09. The number of nitrogens with one attached hydrogen (secondary N) is 2. The molecule has 0 aliphatic heterocycles. The Morgan fingerprint density at radius 3 is 1.80 bits per heavy atom. The van der Waals surface area contributed by atoms with Crippen molar-refractivity contribution >= 4 is 12.2 Å². The molecular weight excluding hydrogens is 634 g/mol. The van der Waals surface area contributed by atoms with E-state index in [4.69, 9.17) is 9.47 Å². The predicted octanol–water partition coefficient (Wildman–Crippen LogP) is 4.47. The Bertz CT molecular complexity index is 1580. The molecule has 0 fully saturated rings. The monoisotopic (exact) mass is 682 g/mol. The third-order valence-corrected chi connectivity index (χ3v) is 8.06. The molecule has 0 saturated carbocycles. The molecule has 4 atom stereocenters. The van der Waals surface area contributed by atoms with Crippen LogP contribution in [0.4, 0.5) is 9.59 Å². The van der Waals surface area contributed by atoms with Gasteiger partial charge in [0.05, 0.1) is 24.3 Å². The first-order valence-corrected chi connectivity index (χ1v) is 16.8. The highest BCUT2D eigenvalue weighted by molar-refractivity contribution is 5.68. The molecule has 10 heteroatoms. The highest BCUT2D eigenvalue weighted by Gasteiger charge is 2.29. The summed E-state index contributed by atoms with van der Waals surface area (Å²) in [5.41, 5.74) is 2.78. The maximum absolute atomic E-state index is 12.6. The fraction of sp³-hybridized carbons (Fsp3) is 0.350. The molecule has 4 aromatic rings. The minimum Gasteiger partial charge on any atom is -0.530 e. The first-order chi connectivity index (χ1) is 24.0. The minimum atomic E-state index is -1.41. The number of hydrogen-bond acceptors (Lipinski definition) is 8. The summed E-state index contributed by atoms with van der Waals surface area (Å²) in [7, 11) is 0. The van der Waals surface area contributed by atoms with E-state index in [1.54, 1.807) is 20.8 Å². The molecule has 4 N–H and O–H groups in total. The molecule has 4 rings (SSSR count). The van der Waals surface area contributed by atoms with Gasteiger partial charge in [-0.15, -0.1) is 0 Å². The Hall–Kier alpha value is -4.90. The average molecular weight is 683 g/mol. The summed E-state index contributed by atoms with van der Waals surface area (Å²) in [6, 6.07) is 34.1. The number of amides is 2. The molecule has 0 aliphatic carbocycles. The van der Waals surface area contributed by atoms with Gasteiger partial charge in [-0.2, -0.15) is 0 Å². The molecule has 0 aromatic heterocycles. The predicted molar refractivity (Wildman–Crippen MR) is 190 cm³/mol. The van der Waals surface area contributed by atoms with E-state index in [-0.39, 0.29) is 26.1 Å². The van der Waals surface area contributed by atoms with Crippen molar-refractivity contribution < 1.29 is 34.4 Å². The quantitative estimate of drug-likeness (QED) is 0.128. The SMILES string of the molecule is CC(C)(C)OC(=O)N[C@@H](Cc1ccccc1)[C@H](O)CNC[C@@H](O)[C@H](Cc1ccc(OCc2ccccc2)cc1)N(Cc1ccccc1)C(=O)[O-]. The molecule has 0 spiro atoms. The summed E-state index contributed by atoms with van der Waals surface area (Å²) in [6.07, 6.45) is -3.76. The lowest BCUT2D eigenvalue weighted by atomic mass is 9.98. The van der Waals surface area contributed by atoms with E-state index in [0.717, 1.165) is 27.2 Å². The second kappa shape index (κ2) is 18.7. The van der Waals surface area contributed by atoms with Crippen molar-refractivity contribution in [2.45, 2.75) is 76.7 Å². The van der Waals surface area contributed by atoms with Crippen LogP contribution >= 0.6 is 0 Å². The first-order valence-electron chi connectivity index (χ1n) is 16.8. The van der Waals surface area contributed by atoms with Crippen LogP contribution < -0.4 is 20.5 Å². The van der Waals surface area contributed by atoms with Crippen LogP contribution in [-0.4, -0.2) is 70.3 Å². The van der Waals surface area contributed by atoms with Gasteiger partial charge in [0.15, 0.2) is 0 Å². The molecule has 266 valence electrons. The van der Waals surface area contributed by atoms with Crippen molar-refractivity contribution in [2.75, 3.05) is 13.1 Å². The smallest absolute Gasteiger partial charge is 0.407 e. The maximum atomic E-state index is 12.6. The van der Waals surface area contributed by atoms with E-state index in [0.29, 0.717) is 18.8 Å². The van der Waals surface area contributed by atoms with Gasteiger partial charge in [0, 0.05) is 19.6 Å². The number of alkyl carbamates (subject to hydrolysis) is 1. The molecule has 50 heavy (non-hydrogen) atoms. The van der Waals surface area contributed by atoms with Crippen LogP contribution in [0.5, 0.6) is 5.75 Å². The van der Waals surface area contributed by atoms with Gasteiger partial charge in [-0.25, -0.2) is 4.79 Å². The van der Waals surface area contributed by atoms with Crippen molar-refractivity contribution in [3.63, 3.8) is 0 Å². The number of aliphatic hydroxyl groups excluding tert-OH is 2. The van der Waals surface area contributed by atoms with E-state index in [2.05, 4.69) is 10.6 Å². The summed E-state index contributed by atoms with van der Waals surface area (Å²) < 4.78 is 11.3. The first kappa shape index (κ1) is 37.9. The van der Waals surface area contributed by atoms with Crippen LogP contribution in [0.25, 0.3) is 0 Å². The number of carbonyl (C=O) groups excluding carboxylic acids is 2. The van der Waals surface area contributed by atoms with Crippen LogP contribution in [-0.2, 0) is 30.7 Å². The van der Waals surface area contributed by atoms with Crippen LogP contribution in [0.2, 0.25) is 0 Å². The number of nitrogens with zero attached hydrogens (tertiary/aromatic N) is 1. The van der Waals surface area contributed by atoms with Crippen molar-refractivity contribution in [3.05, 3.63) is 138 Å². The molecule has 2 amide bonds. The third-order valence-electron chi connectivity index (χ3n) is 8.06. The number of rotatable bonds is 17. The molecule has 10 nitrogen and oxygen atoms in total. The Morgan fingerprint density at radius 1 is 0.720 bits per heavy atom. The summed E-state index contributed by atoms with van der Waals surface area (Å²) in [5.74, 6) is 0.663. The van der Waals surface area contributed by atoms with Gasteiger partial charge in [0.1, 0.15) is 24.1 Å². The number of carbonyl (C=O) groups is 2. The van der Waals surface area contributed by atoms with Crippen molar-refractivity contribution in [1.82, 2.24) is 15.5 Å². The van der Waals surface area contributed by atoms with E-state index < -0.39 is 42.1 Å². The fourth-order valence-electron chi connectivity index (χ4n) is 5.52. The summed E-state index contributed by atoms with van der Waals surface area (Å²) in [4.78, 5) is 26.3. The minimum absolute atomic E-state index is 0.00847. The van der Waals surface area contributed by atoms with Crippen molar-refractivity contribution in [3.8, 4) is 5.75 Å². The lowest BCUT2D eigenvalue weighted by molar-refractivity contribution is -0.270. The maximum Gasteiger partial charge on any atom is 0.407 e. The molecule has 4 aromatic carbocycles. The van der Waals surface area contributed by atoms with E-state index in [9.17, 15) is 24.9 Å². The molecule has 0 heterocycles. The van der Waals surface area contributed by atoms with Crippen LogP contribution in [0.15, 0.2) is 115 Å². The lowest BCUT2D eigenvalue weighted by Gasteiger charge is -2.37. The second-order valence-corrected chi connectivity index (χ2v) is 13.3. The third kappa shape index (κ3) is 12.9. The number of carboxylic acid groups (broad SMARTS) is 1. The Morgan fingerprint density at radius 2 is 1.24 bits per heavy atom. The van der Waals surface area contributed by atoms with Crippen molar-refractivity contribution in [2.24, 2.45) is 0 Å². The van der Waals surface area contributed by atoms with Gasteiger partial charge >= 0.3 is 6.09 Å². The summed E-state index contributed by atoms with van der Waals surface area (Å²) in [5, 5.41) is 41.1. The van der Waals surface area contributed by atoms with Gasteiger partial charge in [0.2, 0.25) is 0 Å². The Kier molecular flexibility index (Phi) is 14.2. The fourth-order valence-corrected chi connectivity index (χ4v) is 5.52. The van der Waals surface area contributed by atoms with Gasteiger partial charge in [-0.1, -0.05) is 103 Å². The molecular formula is C40H48N3O7-. The molecule has 0 radical (unpaired) electrons. The van der Waals surface area contributed by atoms with Crippen molar-refractivity contribution in [1.29, 1.82) is 0 Å². The highest BCUT2D eigenvalue weighted by Crippen LogP contribution is 2.20. The topological polar surface area (TPSA) is 143 Å². The van der Waals surface area contributed by atoms with E-state index >= 15 is 0 Å². The normalized spacial score (nSPS) is 13.8. The molecule has 0 saturated heterocycles. The van der Waals surface area contributed by atoms with Crippen LogP contribution in [0.1, 0.15) is 43.0 Å². The number of ether oxygens (including phenoxy) is 2. The molecule has 0 aliphatic rings. The Labute approximate surface area is 294 Å². The molecule has 0 unspecified atom stereocenters. The Balaban J connectivity index is 1.45. The molecule has 0 bridgehead atoms. The van der Waals surface area contributed by atoms with E-state index in [1.165, 1.54) is 0 Å². The van der Waals surface area contributed by atoms with E-state index in [1.807, 2.05) is 115 Å². The number of benzene rings is 4. The van der Waals surface area contributed by atoms with Gasteiger partial charge in [-0.05, 0) is 68.0 Å². The largest absolute Gasteiger partial charge is 0.530 e.